The third-order valence-corrected chi connectivity index (χ3v) is 0.400. The summed E-state index contributed by atoms with van der Waals surface area (Å²) in [4.78, 5) is 0. The van der Waals surface area contributed by atoms with Gasteiger partial charge in [-0.25, -0.2) is 9.82 Å². The van der Waals surface area contributed by atoms with Crippen LogP contribution in [0.1, 0.15) is 0 Å². The monoisotopic (exact) mass is 112 g/mol. The van der Waals surface area contributed by atoms with Crippen molar-refractivity contribution in [3.05, 3.63) is 0 Å². The Morgan fingerprint density at radius 3 is 2.20 bits per heavy atom. The Morgan fingerprint density at radius 2 is 2.20 bits per heavy atom. The van der Waals surface area contributed by atoms with Crippen LogP contribution in [0, 0.1) is 0 Å². The van der Waals surface area contributed by atoms with Crippen LogP contribution in [-0.2, 0) is 21.0 Å². The van der Waals surface area contributed by atoms with E-state index < -0.39 is 6.80 Å². The molecule has 0 spiro atoms. The Bertz CT molecular complexity index is 65.0. The van der Waals surface area contributed by atoms with Crippen LogP contribution in [0.4, 0.5) is 0 Å². The molecule has 0 aromatic carbocycles. The summed E-state index contributed by atoms with van der Waals surface area (Å²) >= 11 is 3.82. The summed E-state index contributed by atoms with van der Waals surface area (Å²) in [6.07, 6.45) is 0. The van der Waals surface area contributed by atoms with E-state index in [-0.39, 0.29) is 0 Å². The van der Waals surface area contributed by atoms with Gasteiger partial charge in [-0.15, -0.1) is 4.67 Å². The van der Waals surface area contributed by atoms with Gasteiger partial charge in [0.25, 0.3) is 0 Å². The molecule has 0 radical (unpaired) electrons. The highest BCUT2D eigenvalue weighted by Crippen LogP contribution is 1.98. The Kier molecular flexibility index (Phi) is 2.59. The van der Waals surface area contributed by atoms with Gasteiger partial charge in [-0.1, -0.05) is 0 Å². The standard InChI is InChI=1S/HO3PS/c1-3-4(2)5/h1H. The molecule has 0 saturated carbocycles. The molecule has 3 nitrogen and oxygen atoms in total. The fourth-order valence-corrected chi connectivity index (χ4v) is 0. The van der Waals surface area contributed by atoms with Gasteiger partial charge in [0, 0.05) is 11.8 Å². The van der Waals surface area contributed by atoms with E-state index in [1.54, 1.807) is 0 Å². The minimum Gasteiger partial charge on any atom is -0.239 e. The zero-order chi connectivity index (χ0) is 4.28. The van der Waals surface area contributed by atoms with Gasteiger partial charge in [-0.3, -0.25) is 0 Å². The first-order chi connectivity index (χ1) is 2.27. The first kappa shape index (κ1) is 5.24. The molecule has 0 bridgehead atoms. The smallest absolute Gasteiger partial charge is 0.239 e. The van der Waals surface area contributed by atoms with Crippen LogP contribution < -0.4 is 0 Å². The van der Waals surface area contributed by atoms with Crippen molar-refractivity contribution in [2.24, 2.45) is 0 Å². The fraction of sp³-hybridized carbons (Fsp3) is 0. The van der Waals surface area contributed by atoms with Crippen molar-refractivity contribution in [3.63, 3.8) is 0 Å². The third-order valence-electron chi connectivity index (χ3n) is 0.0667. The largest absolute Gasteiger partial charge is 0.340 e. The van der Waals surface area contributed by atoms with Crippen molar-refractivity contribution < 1.29 is 14.5 Å². The Labute approximate surface area is 34.0 Å². The van der Waals surface area contributed by atoms with Crippen molar-refractivity contribution in [2.45, 2.75) is 0 Å². The molecule has 5 heavy (non-hydrogen) atoms. The first-order valence-corrected chi connectivity index (χ1v) is 2.92. The number of hydrogen-bond donors (Lipinski definition) is 1. The van der Waals surface area contributed by atoms with Crippen molar-refractivity contribution in [1.82, 2.24) is 0 Å². The van der Waals surface area contributed by atoms with E-state index in [4.69, 9.17) is 5.26 Å². The highest BCUT2D eigenvalue weighted by Gasteiger charge is 1.68. The zero-order valence-corrected chi connectivity index (χ0v) is 3.83. The fourth-order valence-electron chi connectivity index (χ4n) is 0. The molecule has 0 aliphatic heterocycles. The summed E-state index contributed by atoms with van der Waals surface area (Å²) < 4.78 is 12.4. The number of hydrogen-bond acceptors (Lipinski definition) is 4. The van der Waals surface area contributed by atoms with Gasteiger partial charge in [0.15, 0.2) is 0 Å². The average molecular weight is 112 g/mol. The lowest BCUT2D eigenvalue weighted by Gasteiger charge is -1.62. The van der Waals surface area contributed by atoms with Gasteiger partial charge in [0.2, 0.25) is 0 Å². The summed E-state index contributed by atoms with van der Waals surface area (Å²) in [5.41, 5.74) is 0. The maximum absolute atomic E-state index is 9.30. The predicted octanol–water partition coefficient (Wildman–Crippen LogP) is 0.680. The van der Waals surface area contributed by atoms with Gasteiger partial charge in [0.1, 0.15) is 0 Å². The number of rotatable bonds is 1. The highest BCUT2D eigenvalue weighted by atomic mass is 32.4. The van der Waals surface area contributed by atoms with Crippen LogP contribution in [-0.4, -0.2) is 5.26 Å². The second-order valence-corrected chi connectivity index (χ2v) is 1.81. The molecule has 30 valence electrons. The molecule has 1 N–H and O–H groups in total. The minimum atomic E-state index is -2.21. The van der Waals surface area contributed by atoms with E-state index in [2.05, 4.69) is 16.5 Å². The lowest BCUT2D eigenvalue weighted by molar-refractivity contribution is -0.125. The van der Waals surface area contributed by atoms with Gasteiger partial charge in [-0.2, -0.15) is 0 Å². The van der Waals surface area contributed by atoms with E-state index in [1.807, 2.05) is 0 Å². The second-order valence-electron chi connectivity index (χ2n) is 0.305. The zero-order valence-electron chi connectivity index (χ0n) is 2.12. The summed E-state index contributed by atoms with van der Waals surface area (Å²) in [5.74, 6) is 0. The van der Waals surface area contributed by atoms with E-state index in [9.17, 15) is 4.57 Å². The molecule has 0 aromatic rings. The Hall–Kier alpha value is 0.240. The summed E-state index contributed by atoms with van der Waals surface area (Å²) in [7, 11) is 0. The molecule has 0 amide bonds. The maximum Gasteiger partial charge on any atom is 0.340 e. The summed E-state index contributed by atoms with van der Waals surface area (Å²) in [5, 5.41) is 7.26. The van der Waals surface area contributed by atoms with Crippen molar-refractivity contribution in [3.8, 4) is 0 Å². The summed E-state index contributed by atoms with van der Waals surface area (Å²) in [6, 6.07) is 0. The third kappa shape index (κ3) is 4.24. The molecule has 0 rings (SSSR count). The molecule has 0 fully saturated rings. The van der Waals surface area contributed by atoms with Crippen molar-refractivity contribution >= 4 is 18.6 Å². The normalized spacial score (nSPS) is 11.0. The Morgan fingerprint density at radius 1 is 2.00 bits per heavy atom. The molecule has 0 heterocycles. The lowest BCUT2D eigenvalue weighted by atomic mass is 15.0. The van der Waals surface area contributed by atoms with Crippen LogP contribution in [0.25, 0.3) is 0 Å². The quantitative estimate of drug-likeness (QED) is 0.308. The molecule has 1 atom stereocenters. The molecular weight excluding hydrogens is 111 g/mol. The minimum absolute atomic E-state index is 2.21. The van der Waals surface area contributed by atoms with Crippen LogP contribution in [0.5, 0.6) is 0 Å². The van der Waals surface area contributed by atoms with Crippen LogP contribution >= 0.6 is 6.80 Å². The highest BCUT2D eigenvalue weighted by molar-refractivity contribution is 7.97. The van der Waals surface area contributed by atoms with Gasteiger partial charge >= 0.3 is 6.80 Å². The molecule has 0 saturated heterocycles. The SMILES string of the molecule is O=P(=S)OO. The molecule has 0 aliphatic carbocycles. The molecule has 1 unspecified atom stereocenters. The second kappa shape index (κ2) is 2.48. The van der Waals surface area contributed by atoms with E-state index in [1.165, 1.54) is 0 Å². The molecule has 0 aromatic heterocycles. The van der Waals surface area contributed by atoms with E-state index >= 15 is 0 Å². The van der Waals surface area contributed by atoms with Gasteiger partial charge in [0.05, 0.1) is 0 Å². The molecule has 5 heteroatoms. The van der Waals surface area contributed by atoms with Crippen LogP contribution in [0.2, 0.25) is 0 Å². The molecular formula is HO3PS. The van der Waals surface area contributed by atoms with Crippen molar-refractivity contribution in [2.75, 3.05) is 0 Å². The first-order valence-electron chi connectivity index (χ1n) is 0.730. The van der Waals surface area contributed by atoms with Crippen LogP contribution in [0.15, 0.2) is 0 Å². The lowest BCUT2D eigenvalue weighted by Crippen LogP contribution is -1.50. The average Bonchev–Trinajstić information content (AvgIpc) is 1.38. The maximum atomic E-state index is 9.30. The van der Waals surface area contributed by atoms with E-state index in [0.29, 0.717) is 0 Å². The van der Waals surface area contributed by atoms with Crippen LogP contribution in [0.3, 0.4) is 0 Å². The van der Waals surface area contributed by atoms with Gasteiger partial charge < -0.3 is 0 Å². The Balaban J connectivity index is 3.23. The molecule has 0 aliphatic rings. The van der Waals surface area contributed by atoms with Crippen molar-refractivity contribution in [1.29, 1.82) is 0 Å². The summed E-state index contributed by atoms with van der Waals surface area (Å²) in [6.45, 7) is -2.21. The topological polar surface area (TPSA) is 46.5 Å². The van der Waals surface area contributed by atoms with E-state index in [0.717, 1.165) is 0 Å². The van der Waals surface area contributed by atoms with Gasteiger partial charge in [-0.05, 0) is 0 Å². The predicted molar refractivity (Wildman–Crippen MR) is 18.7 cm³/mol.